The fourth-order valence-corrected chi connectivity index (χ4v) is 2.54. The number of rotatable bonds is 0. The molecule has 70 valence electrons. The van der Waals surface area contributed by atoms with Crippen molar-refractivity contribution in [2.24, 2.45) is 0 Å². The highest BCUT2D eigenvalue weighted by molar-refractivity contribution is 7.98. The van der Waals surface area contributed by atoms with Crippen LogP contribution in [0.25, 0.3) is 11.3 Å². The monoisotopic (exact) mass is 207 g/mol. The van der Waals surface area contributed by atoms with Gasteiger partial charge in [-0.05, 0) is 18.2 Å². The summed E-state index contributed by atoms with van der Waals surface area (Å²) in [6, 6.07) is 4.76. The standard InChI is InChI=1S/C10H6FNOS/c11-7-1-2-9-8(3-7)10-6(5-14-9)4-13-12-10/h1-4H,5H2. The zero-order valence-electron chi connectivity index (χ0n) is 7.16. The zero-order chi connectivity index (χ0) is 9.54. The van der Waals surface area contributed by atoms with E-state index in [-0.39, 0.29) is 5.82 Å². The Morgan fingerprint density at radius 2 is 2.36 bits per heavy atom. The zero-order valence-corrected chi connectivity index (χ0v) is 7.97. The van der Waals surface area contributed by atoms with Crippen LogP contribution in [0.3, 0.4) is 0 Å². The van der Waals surface area contributed by atoms with Crippen molar-refractivity contribution in [3.63, 3.8) is 0 Å². The number of thioether (sulfide) groups is 1. The van der Waals surface area contributed by atoms with Gasteiger partial charge in [-0.25, -0.2) is 4.39 Å². The fraction of sp³-hybridized carbons (Fsp3) is 0.100. The van der Waals surface area contributed by atoms with Gasteiger partial charge in [-0.1, -0.05) is 5.16 Å². The molecule has 0 bridgehead atoms. The Morgan fingerprint density at radius 1 is 1.43 bits per heavy atom. The third kappa shape index (κ3) is 1.07. The average molecular weight is 207 g/mol. The topological polar surface area (TPSA) is 26.0 Å². The van der Waals surface area contributed by atoms with E-state index in [0.29, 0.717) is 0 Å². The first kappa shape index (κ1) is 8.05. The normalized spacial score (nSPS) is 13.5. The largest absolute Gasteiger partial charge is 0.364 e. The molecule has 0 unspecified atom stereocenters. The molecule has 1 aromatic carbocycles. The van der Waals surface area contributed by atoms with Crippen molar-refractivity contribution in [3.05, 3.63) is 35.8 Å². The molecule has 0 saturated heterocycles. The number of aromatic nitrogens is 1. The van der Waals surface area contributed by atoms with Crippen LogP contribution in [0.2, 0.25) is 0 Å². The van der Waals surface area contributed by atoms with E-state index in [9.17, 15) is 4.39 Å². The first-order valence-corrected chi connectivity index (χ1v) is 5.19. The first-order valence-electron chi connectivity index (χ1n) is 4.20. The molecule has 0 radical (unpaired) electrons. The van der Waals surface area contributed by atoms with Gasteiger partial charge >= 0.3 is 0 Å². The molecule has 3 rings (SSSR count). The quantitative estimate of drug-likeness (QED) is 0.664. The average Bonchev–Trinajstić information content (AvgIpc) is 2.65. The molecule has 1 aliphatic rings. The summed E-state index contributed by atoms with van der Waals surface area (Å²) < 4.78 is 17.9. The highest BCUT2D eigenvalue weighted by Gasteiger charge is 2.20. The minimum Gasteiger partial charge on any atom is -0.364 e. The summed E-state index contributed by atoms with van der Waals surface area (Å²) in [5.74, 6) is 0.609. The van der Waals surface area contributed by atoms with Crippen molar-refractivity contribution < 1.29 is 8.91 Å². The molecule has 0 saturated carbocycles. The molecule has 2 nitrogen and oxygen atoms in total. The minimum atomic E-state index is -0.236. The fourth-order valence-electron chi connectivity index (χ4n) is 1.55. The third-order valence-electron chi connectivity index (χ3n) is 2.22. The molecule has 0 amide bonds. The molecule has 2 heterocycles. The summed E-state index contributed by atoms with van der Waals surface area (Å²) in [4.78, 5) is 1.06. The van der Waals surface area contributed by atoms with Crippen molar-refractivity contribution in [2.75, 3.05) is 0 Å². The van der Waals surface area contributed by atoms with E-state index in [0.717, 1.165) is 27.5 Å². The van der Waals surface area contributed by atoms with E-state index in [4.69, 9.17) is 4.52 Å². The summed E-state index contributed by atoms with van der Waals surface area (Å²) >= 11 is 1.68. The second-order valence-corrected chi connectivity index (χ2v) is 4.13. The summed E-state index contributed by atoms with van der Waals surface area (Å²) in [7, 11) is 0. The maximum atomic E-state index is 13.0. The van der Waals surface area contributed by atoms with Gasteiger partial charge in [0.25, 0.3) is 0 Å². The van der Waals surface area contributed by atoms with E-state index >= 15 is 0 Å². The number of hydrogen-bond acceptors (Lipinski definition) is 3. The highest BCUT2D eigenvalue weighted by atomic mass is 32.2. The molecule has 2 aromatic rings. The smallest absolute Gasteiger partial charge is 0.128 e. The lowest BCUT2D eigenvalue weighted by molar-refractivity contribution is 0.421. The van der Waals surface area contributed by atoms with Crippen LogP contribution in [-0.4, -0.2) is 5.16 Å². The van der Waals surface area contributed by atoms with Gasteiger partial charge in [-0.2, -0.15) is 0 Å². The van der Waals surface area contributed by atoms with Gasteiger partial charge < -0.3 is 4.52 Å². The number of nitrogens with zero attached hydrogens (tertiary/aromatic N) is 1. The van der Waals surface area contributed by atoms with Crippen molar-refractivity contribution >= 4 is 11.8 Å². The van der Waals surface area contributed by atoms with Gasteiger partial charge in [0.05, 0.1) is 0 Å². The van der Waals surface area contributed by atoms with Crippen LogP contribution in [0.15, 0.2) is 33.9 Å². The molecular weight excluding hydrogens is 201 g/mol. The van der Waals surface area contributed by atoms with Crippen molar-refractivity contribution in [2.45, 2.75) is 10.6 Å². The number of benzene rings is 1. The molecule has 14 heavy (non-hydrogen) atoms. The Morgan fingerprint density at radius 3 is 3.29 bits per heavy atom. The number of hydrogen-bond donors (Lipinski definition) is 0. The lowest BCUT2D eigenvalue weighted by atomic mass is 10.1. The SMILES string of the molecule is Fc1ccc2c(c1)-c1nocc1CS2. The van der Waals surface area contributed by atoms with Crippen LogP contribution in [0, 0.1) is 5.82 Å². The Kier molecular flexibility index (Phi) is 1.64. The van der Waals surface area contributed by atoms with Gasteiger partial charge in [-0.15, -0.1) is 11.8 Å². The highest BCUT2D eigenvalue weighted by Crippen LogP contribution is 2.40. The van der Waals surface area contributed by atoms with Gasteiger partial charge in [-0.3, -0.25) is 0 Å². The van der Waals surface area contributed by atoms with E-state index in [1.807, 2.05) is 0 Å². The first-order chi connectivity index (χ1) is 6.84. The van der Waals surface area contributed by atoms with Gasteiger partial charge in [0.1, 0.15) is 17.8 Å². The predicted molar refractivity (Wildman–Crippen MR) is 51.5 cm³/mol. The molecule has 0 N–H and O–H groups in total. The predicted octanol–water partition coefficient (Wildman–Crippen LogP) is 3.09. The Hall–Kier alpha value is -1.29. The van der Waals surface area contributed by atoms with Crippen LogP contribution in [0.1, 0.15) is 5.56 Å². The molecule has 0 atom stereocenters. The van der Waals surface area contributed by atoms with E-state index in [1.165, 1.54) is 12.1 Å². The van der Waals surface area contributed by atoms with Gasteiger partial charge in [0, 0.05) is 21.8 Å². The van der Waals surface area contributed by atoms with E-state index < -0.39 is 0 Å². The minimum absolute atomic E-state index is 0.236. The molecule has 1 aliphatic heterocycles. The maximum absolute atomic E-state index is 13.0. The second kappa shape index (κ2) is 2.85. The Bertz CT molecular complexity index is 495. The molecular formula is C10H6FNOS. The Balaban J connectivity index is 2.28. The van der Waals surface area contributed by atoms with Crippen LogP contribution in [0.5, 0.6) is 0 Å². The van der Waals surface area contributed by atoms with Crippen molar-refractivity contribution in [1.29, 1.82) is 0 Å². The number of halogens is 1. The van der Waals surface area contributed by atoms with Crippen molar-refractivity contribution in [3.8, 4) is 11.3 Å². The number of fused-ring (bicyclic) bond motifs is 3. The molecule has 1 aromatic heterocycles. The van der Waals surface area contributed by atoms with Crippen LogP contribution in [-0.2, 0) is 5.75 Å². The summed E-state index contributed by atoms with van der Waals surface area (Å²) in [5, 5.41) is 3.88. The molecule has 0 aliphatic carbocycles. The van der Waals surface area contributed by atoms with E-state index in [1.54, 1.807) is 24.1 Å². The van der Waals surface area contributed by atoms with Crippen LogP contribution in [0.4, 0.5) is 4.39 Å². The van der Waals surface area contributed by atoms with Crippen LogP contribution < -0.4 is 0 Å². The third-order valence-corrected chi connectivity index (χ3v) is 3.35. The summed E-state index contributed by atoms with van der Waals surface area (Å²) in [6.07, 6.45) is 1.62. The maximum Gasteiger partial charge on any atom is 0.128 e. The molecule has 4 heteroatoms. The lowest BCUT2D eigenvalue weighted by Crippen LogP contribution is -1.94. The molecule has 0 spiro atoms. The summed E-state index contributed by atoms with van der Waals surface area (Å²) in [5.41, 5.74) is 2.65. The Labute approximate surface area is 84.1 Å². The van der Waals surface area contributed by atoms with Gasteiger partial charge in [0.2, 0.25) is 0 Å². The van der Waals surface area contributed by atoms with E-state index in [2.05, 4.69) is 5.16 Å². The second-order valence-electron chi connectivity index (χ2n) is 3.12. The van der Waals surface area contributed by atoms with Crippen LogP contribution >= 0.6 is 11.8 Å². The summed E-state index contributed by atoms with van der Waals surface area (Å²) in [6.45, 7) is 0. The molecule has 0 fully saturated rings. The lowest BCUT2D eigenvalue weighted by Gasteiger charge is -2.12. The van der Waals surface area contributed by atoms with Gasteiger partial charge in [0.15, 0.2) is 0 Å². The van der Waals surface area contributed by atoms with Crippen molar-refractivity contribution in [1.82, 2.24) is 5.16 Å².